The van der Waals surface area contributed by atoms with E-state index in [1.54, 1.807) is 49.6 Å². The molecule has 0 radical (unpaired) electrons. The summed E-state index contributed by atoms with van der Waals surface area (Å²) in [6, 6.07) is 10.6. The van der Waals surface area contributed by atoms with Crippen LogP contribution in [0.2, 0.25) is 0 Å². The number of likely N-dealkylation sites (tertiary alicyclic amines) is 1. The number of amides is 2. The van der Waals surface area contributed by atoms with E-state index in [0.29, 0.717) is 42.9 Å². The van der Waals surface area contributed by atoms with Gasteiger partial charge in [-0.25, -0.2) is 9.78 Å². The molecule has 0 saturated carbocycles. The summed E-state index contributed by atoms with van der Waals surface area (Å²) in [6.07, 6.45) is 1.57. The highest BCUT2D eigenvalue weighted by Gasteiger charge is 2.30. The van der Waals surface area contributed by atoms with Gasteiger partial charge in [0.25, 0.3) is 0 Å². The summed E-state index contributed by atoms with van der Waals surface area (Å²) in [5.41, 5.74) is 0.627. The third kappa shape index (κ3) is 4.39. The zero-order valence-corrected chi connectivity index (χ0v) is 14.3. The van der Waals surface area contributed by atoms with Crippen LogP contribution in [0.3, 0.4) is 0 Å². The van der Waals surface area contributed by atoms with Gasteiger partial charge in [0.1, 0.15) is 11.5 Å². The minimum atomic E-state index is -0.127. The van der Waals surface area contributed by atoms with Crippen molar-refractivity contribution in [2.75, 3.05) is 39.2 Å². The van der Waals surface area contributed by atoms with Crippen LogP contribution in [0.15, 0.2) is 42.6 Å². The molecule has 1 N–H and O–H groups in total. The van der Waals surface area contributed by atoms with Crippen molar-refractivity contribution < 1.29 is 19.0 Å². The van der Waals surface area contributed by atoms with Crippen LogP contribution in [0.4, 0.5) is 10.5 Å². The van der Waals surface area contributed by atoms with Gasteiger partial charge in [0, 0.05) is 32.2 Å². The number of pyridine rings is 1. The quantitative estimate of drug-likeness (QED) is 0.873. The molecule has 1 aliphatic heterocycles. The maximum atomic E-state index is 12.1. The zero-order chi connectivity index (χ0) is 17.6. The minimum Gasteiger partial charge on any atom is -0.497 e. The van der Waals surface area contributed by atoms with E-state index in [-0.39, 0.29) is 6.03 Å². The molecule has 1 aromatic heterocycles. The topological polar surface area (TPSA) is 72.9 Å². The van der Waals surface area contributed by atoms with Gasteiger partial charge >= 0.3 is 6.03 Å². The first kappa shape index (κ1) is 17.0. The van der Waals surface area contributed by atoms with Crippen molar-refractivity contribution in [1.82, 2.24) is 9.88 Å². The van der Waals surface area contributed by atoms with Crippen molar-refractivity contribution in [1.29, 1.82) is 0 Å². The van der Waals surface area contributed by atoms with Gasteiger partial charge in [-0.3, -0.25) is 0 Å². The third-order valence-corrected chi connectivity index (χ3v) is 3.92. The number of ether oxygens (including phenoxy) is 3. The Morgan fingerprint density at radius 2 is 1.88 bits per heavy atom. The van der Waals surface area contributed by atoms with Crippen molar-refractivity contribution in [3.63, 3.8) is 0 Å². The molecule has 0 atom stereocenters. The molecule has 2 amide bonds. The Labute approximate surface area is 146 Å². The van der Waals surface area contributed by atoms with Crippen LogP contribution in [0, 0.1) is 5.92 Å². The van der Waals surface area contributed by atoms with Crippen molar-refractivity contribution in [2.24, 2.45) is 5.92 Å². The summed E-state index contributed by atoms with van der Waals surface area (Å²) in [7, 11) is 3.28. The molecule has 2 heterocycles. The number of aromatic nitrogens is 1. The number of nitrogens with zero attached hydrogens (tertiary/aromatic N) is 2. The standard InChI is InChI=1S/C18H21N3O4/c1-23-12-13-10-21(11-13)18(22)20-14-3-8-17(19-9-14)25-16-6-4-15(24-2)5-7-16/h3-9,13H,10-12H2,1-2H3,(H,20,22). The molecule has 7 heteroatoms. The molecule has 7 nitrogen and oxygen atoms in total. The van der Waals surface area contributed by atoms with E-state index in [9.17, 15) is 4.79 Å². The molecular formula is C18H21N3O4. The predicted molar refractivity (Wildman–Crippen MR) is 93.3 cm³/mol. The lowest BCUT2D eigenvalue weighted by Crippen LogP contribution is -2.53. The highest BCUT2D eigenvalue weighted by Crippen LogP contribution is 2.23. The average Bonchev–Trinajstić information content (AvgIpc) is 2.60. The SMILES string of the molecule is COCC1CN(C(=O)Nc2ccc(Oc3ccc(OC)cc3)nc2)C1. The van der Waals surface area contributed by atoms with Crippen molar-refractivity contribution in [2.45, 2.75) is 0 Å². The van der Waals surface area contributed by atoms with Crippen molar-refractivity contribution in [3.8, 4) is 17.4 Å². The molecule has 1 fully saturated rings. The normalized spacial score (nSPS) is 13.9. The number of urea groups is 1. The highest BCUT2D eigenvalue weighted by atomic mass is 16.5. The predicted octanol–water partition coefficient (Wildman–Crippen LogP) is 2.99. The number of nitrogens with one attached hydrogen (secondary N) is 1. The van der Waals surface area contributed by atoms with E-state index in [4.69, 9.17) is 14.2 Å². The van der Waals surface area contributed by atoms with Crippen LogP contribution in [0.5, 0.6) is 17.4 Å². The van der Waals surface area contributed by atoms with E-state index in [1.807, 2.05) is 12.1 Å². The number of carbonyl (C=O) groups excluding carboxylic acids is 1. The number of anilines is 1. The van der Waals surface area contributed by atoms with E-state index in [0.717, 1.165) is 5.75 Å². The third-order valence-electron chi connectivity index (χ3n) is 3.92. The van der Waals surface area contributed by atoms with E-state index in [1.165, 1.54) is 0 Å². The van der Waals surface area contributed by atoms with Gasteiger partial charge in [-0.2, -0.15) is 0 Å². The molecule has 25 heavy (non-hydrogen) atoms. The smallest absolute Gasteiger partial charge is 0.321 e. The summed E-state index contributed by atoms with van der Waals surface area (Å²) in [4.78, 5) is 18.0. The minimum absolute atomic E-state index is 0.127. The van der Waals surface area contributed by atoms with Crippen LogP contribution in [-0.4, -0.2) is 49.8 Å². The Morgan fingerprint density at radius 1 is 1.16 bits per heavy atom. The average molecular weight is 343 g/mol. The Hall–Kier alpha value is -2.80. The number of rotatable bonds is 6. The fourth-order valence-corrected chi connectivity index (χ4v) is 2.56. The first-order valence-corrected chi connectivity index (χ1v) is 8.01. The summed E-state index contributed by atoms with van der Waals surface area (Å²) in [5.74, 6) is 2.30. The van der Waals surface area contributed by atoms with Crippen LogP contribution in [0.25, 0.3) is 0 Å². The van der Waals surface area contributed by atoms with Gasteiger partial charge in [-0.1, -0.05) is 0 Å². The number of hydrogen-bond donors (Lipinski definition) is 1. The number of hydrogen-bond acceptors (Lipinski definition) is 5. The molecule has 1 aliphatic rings. The number of benzene rings is 1. The van der Waals surface area contributed by atoms with Crippen LogP contribution < -0.4 is 14.8 Å². The maximum Gasteiger partial charge on any atom is 0.321 e. The lowest BCUT2D eigenvalue weighted by molar-refractivity contribution is 0.0599. The van der Waals surface area contributed by atoms with E-state index >= 15 is 0 Å². The fourth-order valence-electron chi connectivity index (χ4n) is 2.56. The number of carbonyl (C=O) groups is 1. The van der Waals surface area contributed by atoms with Gasteiger partial charge in [-0.15, -0.1) is 0 Å². The lowest BCUT2D eigenvalue weighted by atomic mass is 10.0. The second-order valence-electron chi connectivity index (χ2n) is 5.82. The van der Waals surface area contributed by atoms with Gasteiger partial charge in [0.2, 0.25) is 5.88 Å². The highest BCUT2D eigenvalue weighted by molar-refractivity contribution is 5.89. The molecule has 1 aromatic carbocycles. The zero-order valence-electron chi connectivity index (χ0n) is 14.3. The Bertz CT molecular complexity index is 697. The number of methoxy groups -OCH3 is 2. The summed E-state index contributed by atoms with van der Waals surface area (Å²) < 4.78 is 15.8. The fraction of sp³-hybridized carbons (Fsp3) is 0.333. The maximum absolute atomic E-state index is 12.1. The van der Waals surface area contributed by atoms with E-state index < -0.39 is 0 Å². The largest absolute Gasteiger partial charge is 0.497 e. The van der Waals surface area contributed by atoms with Crippen molar-refractivity contribution >= 4 is 11.7 Å². The molecule has 0 bridgehead atoms. The molecule has 2 aromatic rings. The van der Waals surface area contributed by atoms with E-state index in [2.05, 4.69) is 10.3 Å². The van der Waals surface area contributed by atoms with Gasteiger partial charge in [-0.05, 0) is 30.3 Å². The molecule has 0 aliphatic carbocycles. The summed E-state index contributed by atoms with van der Waals surface area (Å²) in [6.45, 7) is 2.11. The van der Waals surface area contributed by atoms with Crippen LogP contribution in [-0.2, 0) is 4.74 Å². The van der Waals surface area contributed by atoms with Crippen LogP contribution >= 0.6 is 0 Å². The van der Waals surface area contributed by atoms with Crippen LogP contribution in [0.1, 0.15) is 0 Å². The van der Waals surface area contributed by atoms with Crippen molar-refractivity contribution in [3.05, 3.63) is 42.6 Å². The molecule has 0 unspecified atom stereocenters. The Balaban J connectivity index is 1.51. The molecule has 1 saturated heterocycles. The second kappa shape index (κ2) is 7.85. The first-order valence-electron chi connectivity index (χ1n) is 8.01. The first-order chi connectivity index (χ1) is 12.2. The summed E-state index contributed by atoms with van der Waals surface area (Å²) >= 11 is 0. The molecule has 0 spiro atoms. The molecule has 3 rings (SSSR count). The second-order valence-corrected chi connectivity index (χ2v) is 5.82. The molecular weight excluding hydrogens is 322 g/mol. The van der Waals surface area contributed by atoms with Gasteiger partial charge < -0.3 is 24.4 Å². The van der Waals surface area contributed by atoms with Gasteiger partial charge in [0.05, 0.1) is 25.6 Å². The Kier molecular flexibility index (Phi) is 5.35. The lowest BCUT2D eigenvalue weighted by Gasteiger charge is -2.38. The molecule has 132 valence electrons. The summed E-state index contributed by atoms with van der Waals surface area (Å²) in [5, 5.41) is 2.82. The monoisotopic (exact) mass is 343 g/mol. The Morgan fingerprint density at radius 3 is 2.48 bits per heavy atom. The van der Waals surface area contributed by atoms with Gasteiger partial charge in [0.15, 0.2) is 0 Å².